The number of benzene rings is 1. The Labute approximate surface area is 177 Å². The number of carbonyl (C=O) groups excluding carboxylic acids is 3. The number of nitrogens with zero attached hydrogens (tertiary/aromatic N) is 2. The molecular formula is C22H32N4O4. The number of rotatable bonds is 5. The van der Waals surface area contributed by atoms with Gasteiger partial charge in [0.05, 0.1) is 13.2 Å². The van der Waals surface area contributed by atoms with Crippen LogP contribution in [0.3, 0.4) is 0 Å². The zero-order valence-corrected chi connectivity index (χ0v) is 17.6. The number of piperidine rings is 1. The van der Waals surface area contributed by atoms with Gasteiger partial charge in [0, 0.05) is 38.6 Å². The molecule has 1 unspecified atom stereocenters. The van der Waals surface area contributed by atoms with Crippen molar-refractivity contribution < 1.29 is 19.1 Å². The fourth-order valence-corrected chi connectivity index (χ4v) is 4.09. The molecule has 4 amide bonds. The van der Waals surface area contributed by atoms with Crippen molar-refractivity contribution in [2.24, 2.45) is 0 Å². The highest BCUT2D eigenvalue weighted by Gasteiger charge is 2.26. The highest BCUT2D eigenvalue weighted by molar-refractivity contribution is 5.77. The lowest BCUT2D eigenvalue weighted by molar-refractivity contribution is -0.131. The second-order valence-electron chi connectivity index (χ2n) is 7.96. The molecular weight excluding hydrogens is 384 g/mol. The summed E-state index contributed by atoms with van der Waals surface area (Å²) in [7, 11) is 1.37. The van der Waals surface area contributed by atoms with Crippen LogP contribution in [0.25, 0.3) is 0 Å². The highest BCUT2D eigenvalue weighted by Crippen LogP contribution is 2.19. The van der Waals surface area contributed by atoms with Crippen molar-refractivity contribution in [3.8, 4) is 0 Å². The van der Waals surface area contributed by atoms with Crippen LogP contribution in [0.15, 0.2) is 30.3 Å². The maximum atomic E-state index is 12.7. The van der Waals surface area contributed by atoms with E-state index in [1.165, 1.54) is 7.11 Å². The van der Waals surface area contributed by atoms with Crippen LogP contribution >= 0.6 is 0 Å². The minimum absolute atomic E-state index is 0.00199. The molecule has 0 radical (unpaired) electrons. The lowest BCUT2D eigenvalue weighted by atomic mass is 10.0. The summed E-state index contributed by atoms with van der Waals surface area (Å²) in [6.07, 6.45) is 4.61. The Morgan fingerprint density at radius 3 is 2.53 bits per heavy atom. The lowest BCUT2D eigenvalue weighted by Gasteiger charge is -2.32. The first-order valence-corrected chi connectivity index (χ1v) is 10.8. The smallest absolute Gasteiger partial charge is 0.409 e. The average Bonchev–Trinajstić information content (AvgIpc) is 2.98. The second-order valence-corrected chi connectivity index (χ2v) is 7.96. The summed E-state index contributed by atoms with van der Waals surface area (Å²) in [6, 6.07) is 9.24. The number of hydrogen-bond donors (Lipinski definition) is 2. The van der Waals surface area contributed by atoms with Crippen LogP contribution in [-0.4, -0.2) is 67.2 Å². The number of ether oxygens (including phenoxy) is 1. The van der Waals surface area contributed by atoms with Gasteiger partial charge in [-0.1, -0.05) is 36.8 Å². The van der Waals surface area contributed by atoms with Crippen molar-refractivity contribution in [2.75, 3.05) is 33.3 Å². The predicted octanol–water partition coefficient (Wildman–Crippen LogP) is 2.66. The number of urea groups is 1. The van der Waals surface area contributed by atoms with E-state index in [0.717, 1.165) is 31.4 Å². The van der Waals surface area contributed by atoms with Gasteiger partial charge < -0.3 is 25.2 Å². The van der Waals surface area contributed by atoms with Crippen molar-refractivity contribution in [3.63, 3.8) is 0 Å². The third-order valence-corrected chi connectivity index (χ3v) is 5.84. The first-order chi connectivity index (χ1) is 14.6. The van der Waals surface area contributed by atoms with E-state index in [9.17, 15) is 14.4 Å². The monoisotopic (exact) mass is 416 g/mol. The van der Waals surface area contributed by atoms with Gasteiger partial charge in [0.1, 0.15) is 0 Å². The van der Waals surface area contributed by atoms with Crippen LogP contribution in [0.5, 0.6) is 0 Å². The molecule has 1 aromatic carbocycles. The number of amides is 4. The van der Waals surface area contributed by atoms with E-state index in [2.05, 4.69) is 10.6 Å². The third-order valence-electron chi connectivity index (χ3n) is 5.84. The van der Waals surface area contributed by atoms with Crippen LogP contribution in [0.2, 0.25) is 0 Å². The summed E-state index contributed by atoms with van der Waals surface area (Å²) < 4.78 is 4.75. The van der Waals surface area contributed by atoms with Crippen LogP contribution < -0.4 is 10.6 Å². The number of carbonyl (C=O) groups is 3. The summed E-state index contributed by atoms with van der Waals surface area (Å²) in [4.78, 5) is 40.3. The fourth-order valence-electron chi connectivity index (χ4n) is 4.09. The van der Waals surface area contributed by atoms with E-state index in [4.69, 9.17) is 4.74 Å². The minimum Gasteiger partial charge on any atom is -0.453 e. The molecule has 2 N–H and O–H groups in total. The van der Waals surface area contributed by atoms with Crippen molar-refractivity contribution in [1.82, 2.24) is 20.4 Å². The largest absolute Gasteiger partial charge is 0.453 e. The first-order valence-electron chi connectivity index (χ1n) is 10.8. The van der Waals surface area contributed by atoms with E-state index < -0.39 is 0 Å². The molecule has 8 nitrogen and oxygen atoms in total. The van der Waals surface area contributed by atoms with Gasteiger partial charge in [-0.2, -0.15) is 0 Å². The highest BCUT2D eigenvalue weighted by atomic mass is 16.5. The van der Waals surface area contributed by atoms with Crippen molar-refractivity contribution >= 4 is 18.0 Å². The molecule has 164 valence electrons. The van der Waals surface area contributed by atoms with Gasteiger partial charge in [0.25, 0.3) is 0 Å². The maximum Gasteiger partial charge on any atom is 0.409 e. The van der Waals surface area contributed by atoms with Crippen molar-refractivity contribution in [2.45, 2.75) is 50.6 Å². The van der Waals surface area contributed by atoms with E-state index in [1.54, 1.807) is 4.90 Å². The van der Waals surface area contributed by atoms with Gasteiger partial charge in [-0.05, 0) is 31.2 Å². The average molecular weight is 417 g/mol. The molecule has 0 spiro atoms. The van der Waals surface area contributed by atoms with E-state index in [-0.39, 0.29) is 30.1 Å². The van der Waals surface area contributed by atoms with Gasteiger partial charge in [0.2, 0.25) is 5.91 Å². The molecule has 2 heterocycles. The molecule has 1 atom stereocenters. The van der Waals surface area contributed by atoms with E-state index >= 15 is 0 Å². The molecule has 3 rings (SSSR count). The number of hydrogen-bond acceptors (Lipinski definition) is 4. The van der Waals surface area contributed by atoms with Gasteiger partial charge in [-0.15, -0.1) is 0 Å². The Morgan fingerprint density at radius 2 is 1.83 bits per heavy atom. The van der Waals surface area contributed by atoms with Gasteiger partial charge in [-0.25, -0.2) is 9.59 Å². The predicted molar refractivity (Wildman–Crippen MR) is 113 cm³/mol. The van der Waals surface area contributed by atoms with Crippen molar-refractivity contribution in [3.05, 3.63) is 35.9 Å². The summed E-state index contributed by atoms with van der Waals surface area (Å²) in [5.74, 6) is 0.158. The topological polar surface area (TPSA) is 91.0 Å². The van der Waals surface area contributed by atoms with E-state index in [0.29, 0.717) is 38.9 Å². The Balaban J connectivity index is 1.58. The molecule has 0 bridgehead atoms. The second kappa shape index (κ2) is 10.8. The molecule has 0 aromatic heterocycles. The molecule has 30 heavy (non-hydrogen) atoms. The molecule has 2 aliphatic heterocycles. The molecule has 2 aliphatic rings. The van der Waals surface area contributed by atoms with Crippen LogP contribution in [0.1, 0.15) is 50.1 Å². The fraction of sp³-hybridized carbons (Fsp3) is 0.591. The van der Waals surface area contributed by atoms with Gasteiger partial charge in [-0.3, -0.25) is 4.79 Å². The van der Waals surface area contributed by atoms with Crippen LogP contribution in [-0.2, 0) is 9.53 Å². The standard InChI is InChI=1S/C22H32N4O4/c1-30-22(29)25-14-11-18(12-15-25)23-21(28)24-19(17-8-4-2-5-9-17)16-26-13-7-3-6-10-20(26)27/h2,4-5,8-9,18-19H,3,6-7,10-16H2,1H3,(H2,23,24,28). The van der Waals surface area contributed by atoms with Crippen molar-refractivity contribution in [1.29, 1.82) is 0 Å². The van der Waals surface area contributed by atoms with Crippen LogP contribution in [0.4, 0.5) is 9.59 Å². The Kier molecular flexibility index (Phi) is 7.93. The molecule has 2 saturated heterocycles. The molecule has 0 aliphatic carbocycles. The quantitative estimate of drug-likeness (QED) is 0.772. The van der Waals surface area contributed by atoms with Gasteiger partial charge >= 0.3 is 12.1 Å². The number of methoxy groups -OCH3 is 1. The SMILES string of the molecule is COC(=O)N1CCC(NC(=O)NC(CN2CCCCCC2=O)c2ccccc2)CC1. The molecule has 8 heteroatoms. The Morgan fingerprint density at radius 1 is 1.10 bits per heavy atom. The van der Waals surface area contributed by atoms with E-state index in [1.807, 2.05) is 35.2 Å². The maximum absolute atomic E-state index is 12.7. The summed E-state index contributed by atoms with van der Waals surface area (Å²) >= 11 is 0. The summed E-state index contributed by atoms with van der Waals surface area (Å²) in [5.41, 5.74) is 0.977. The van der Waals surface area contributed by atoms with Crippen LogP contribution in [0, 0.1) is 0 Å². The number of likely N-dealkylation sites (tertiary alicyclic amines) is 2. The third kappa shape index (κ3) is 6.11. The summed E-state index contributed by atoms with van der Waals surface area (Å²) in [6.45, 7) is 2.32. The molecule has 1 aromatic rings. The number of nitrogens with one attached hydrogen (secondary N) is 2. The molecule has 2 fully saturated rings. The first kappa shape index (κ1) is 21.9. The minimum atomic E-state index is -0.329. The zero-order chi connectivity index (χ0) is 21.3. The molecule has 0 saturated carbocycles. The lowest BCUT2D eigenvalue weighted by Crippen LogP contribution is -2.50. The zero-order valence-electron chi connectivity index (χ0n) is 17.6. The summed E-state index contributed by atoms with van der Waals surface area (Å²) in [5, 5.41) is 6.09. The van der Waals surface area contributed by atoms with Gasteiger partial charge in [0.15, 0.2) is 0 Å². The Hall–Kier alpha value is -2.77. The normalized spacial score (nSPS) is 19.0. The Bertz CT molecular complexity index is 719.